The van der Waals surface area contributed by atoms with Crippen LogP contribution in [0.15, 0.2) is 11.1 Å². The number of hydrogen-bond donors (Lipinski definition) is 3. The van der Waals surface area contributed by atoms with Gasteiger partial charge in [-0.2, -0.15) is 11.8 Å². The van der Waals surface area contributed by atoms with Gasteiger partial charge in [-0.15, -0.1) is 0 Å². The van der Waals surface area contributed by atoms with Gasteiger partial charge in [0, 0.05) is 11.3 Å². The van der Waals surface area contributed by atoms with Crippen molar-refractivity contribution < 1.29 is 0 Å². The summed E-state index contributed by atoms with van der Waals surface area (Å²) in [5.41, 5.74) is 5.55. The maximum Gasteiger partial charge on any atom is 0.276 e. The van der Waals surface area contributed by atoms with Gasteiger partial charge in [0.15, 0.2) is 5.82 Å². The van der Waals surface area contributed by atoms with Crippen LogP contribution in [-0.4, -0.2) is 27.5 Å². The highest BCUT2D eigenvalue weighted by Gasteiger charge is 2.24. The van der Waals surface area contributed by atoms with E-state index in [9.17, 15) is 4.79 Å². The van der Waals surface area contributed by atoms with E-state index in [-0.39, 0.29) is 11.2 Å². The lowest BCUT2D eigenvalue weighted by molar-refractivity contribution is 0.751. The van der Waals surface area contributed by atoms with Crippen molar-refractivity contribution in [1.82, 2.24) is 9.97 Å². The van der Waals surface area contributed by atoms with E-state index in [4.69, 9.17) is 5.73 Å². The van der Waals surface area contributed by atoms with Crippen molar-refractivity contribution in [1.29, 1.82) is 0 Å². The average Bonchev–Trinajstić information content (AvgIpc) is 2.73. The van der Waals surface area contributed by atoms with Crippen LogP contribution in [0.1, 0.15) is 19.3 Å². The number of thioether (sulfide) groups is 1. The van der Waals surface area contributed by atoms with Gasteiger partial charge < -0.3 is 16.0 Å². The standard InChI is InChI=1S/C10H16N4OS/c1-16-7-3-2-6(4-7)14-9-8(11)10(15)13-5-12-9/h5-7H,2-4,11H2,1H3,(H2,12,13,14,15). The van der Waals surface area contributed by atoms with Crippen LogP contribution in [0.25, 0.3) is 0 Å². The number of anilines is 2. The minimum atomic E-state index is -0.281. The first-order valence-electron chi connectivity index (χ1n) is 5.33. The molecule has 2 atom stereocenters. The molecule has 1 saturated carbocycles. The van der Waals surface area contributed by atoms with Crippen LogP contribution in [-0.2, 0) is 0 Å². The van der Waals surface area contributed by atoms with Gasteiger partial charge in [0.05, 0.1) is 6.33 Å². The molecule has 1 aliphatic rings. The molecule has 1 fully saturated rings. The summed E-state index contributed by atoms with van der Waals surface area (Å²) in [4.78, 5) is 17.8. The quantitative estimate of drug-likeness (QED) is 0.735. The van der Waals surface area contributed by atoms with Crippen LogP contribution < -0.4 is 16.6 Å². The van der Waals surface area contributed by atoms with Gasteiger partial charge in [-0.05, 0) is 25.5 Å². The molecule has 0 radical (unpaired) electrons. The summed E-state index contributed by atoms with van der Waals surface area (Å²) >= 11 is 1.89. The summed E-state index contributed by atoms with van der Waals surface area (Å²) in [5.74, 6) is 0.510. The third kappa shape index (κ3) is 2.32. The van der Waals surface area contributed by atoms with Crippen LogP contribution in [0.4, 0.5) is 11.5 Å². The van der Waals surface area contributed by atoms with Crippen molar-refractivity contribution in [2.24, 2.45) is 0 Å². The molecule has 5 nitrogen and oxygen atoms in total. The molecular formula is C10H16N4OS. The fourth-order valence-electron chi connectivity index (χ4n) is 2.00. The lowest BCUT2D eigenvalue weighted by Crippen LogP contribution is -2.22. The Kier molecular flexibility index (Phi) is 3.38. The van der Waals surface area contributed by atoms with Crippen molar-refractivity contribution >= 4 is 23.3 Å². The molecule has 1 heterocycles. The van der Waals surface area contributed by atoms with Gasteiger partial charge in [0.2, 0.25) is 0 Å². The highest BCUT2D eigenvalue weighted by Crippen LogP contribution is 2.30. The summed E-state index contributed by atoms with van der Waals surface area (Å²) in [7, 11) is 0. The Labute approximate surface area is 98.2 Å². The molecule has 1 aromatic rings. The third-order valence-electron chi connectivity index (χ3n) is 2.95. The summed E-state index contributed by atoms with van der Waals surface area (Å²) in [6.07, 6.45) is 6.94. The van der Waals surface area contributed by atoms with Crippen LogP contribution in [0, 0.1) is 0 Å². The van der Waals surface area contributed by atoms with E-state index in [1.165, 1.54) is 12.7 Å². The molecule has 0 saturated heterocycles. The molecule has 16 heavy (non-hydrogen) atoms. The molecule has 0 spiro atoms. The molecule has 2 unspecified atom stereocenters. The average molecular weight is 240 g/mol. The minimum Gasteiger partial charge on any atom is -0.391 e. The van der Waals surface area contributed by atoms with Crippen molar-refractivity contribution in [2.75, 3.05) is 17.3 Å². The van der Waals surface area contributed by atoms with Gasteiger partial charge in [-0.1, -0.05) is 0 Å². The van der Waals surface area contributed by atoms with E-state index in [1.54, 1.807) is 0 Å². The monoisotopic (exact) mass is 240 g/mol. The SMILES string of the molecule is CSC1CCC(Nc2nc[nH]c(=O)c2N)C1. The fraction of sp³-hybridized carbons (Fsp3) is 0.600. The zero-order valence-electron chi connectivity index (χ0n) is 9.19. The molecule has 0 aliphatic heterocycles. The Bertz CT molecular complexity index is 420. The molecule has 6 heteroatoms. The van der Waals surface area contributed by atoms with Crippen molar-refractivity contribution in [2.45, 2.75) is 30.6 Å². The number of nitrogens with two attached hydrogens (primary N) is 1. The number of aromatic amines is 1. The number of aromatic nitrogens is 2. The predicted molar refractivity (Wildman–Crippen MR) is 67.8 cm³/mol. The van der Waals surface area contributed by atoms with Crippen LogP contribution in [0.5, 0.6) is 0 Å². The Morgan fingerprint density at radius 3 is 3.12 bits per heavy atom. The van der Waals surface area contributed by atoms with Crippen molar-refractivity contribution in [3.05, 3.63) is 16.7 Å². The van der Waals surface area contributed by atoms with E-state index in [1.807, 2.05) is 11.8 Å². The number of hydrogen-bond acceptors (Lipinski definition) is 5. The first-order valence-corrected chi connectivity index (χ1v) is 6.62. The molecule has 0 aromatic carbocycles. The number of rotatable bonds is 3. The van der Waals surface area contributed by atoms with E-state index < -0.39 is 0 Å². The summed E-state index contributed by atoms with van der Waals surface area (Å²) in [6, 6.07) is 0.383. The highest BCUT2D eigenvalue weighted by atomic mass is 32.2. The van der Waals surface area contributed by atoms with E-state index in [2.05, 4.69) is 21.5 Å². The lowest BCUT2D eigenvalue weighted by atomic mass is 10.2. The van der Waals surface area contributed by atoms with Gasteiger partial charge in [0.1, 0.15) is 5.69 Å². The van der Waals surface area contributed by atoms with Crippen LogP contribution in [0.2, 0.25) is 0 Å². The molecule has 1 aromatic heterocycles. The molecule has 88 valence electrons. The minimum absolute atomic E-state index is 0.176. The van der Waals surface area contributed by atoms with Crippen LogP contribution >= 0.6 is 11.8 Å². The zero-order chi connectivity index (χ0) is 11.5. The molecule has 4 N–H and O–H groups in total. The largest absolute Gasteiger partial charge is 0.391 e. The number of H-pyrrole nitrogens is 1. The van der Waals surface area contributed by atoms with E-state index in [0.717, 1.165) is 12.8 Å². The Morgan fingerprint density at radius 1 is 1.62 bits per heavy atom. The molecular weight excluding hydrogens is 224 g/mol. The first kappa shape index (κ1) is 11.3. The third-order valence-corrected chi connectivity index (χ3v) is 4.04. The second-order valence-electron chi connectivity index (χ2n) is 4.01. The predicted octanol–water partition coefficient (Wildman–Crippen LogP) is 1.05. The number of nitrogens with zero attached hydrogens (tertiary/aromatic N) is 1. The summed E-state index contributed by atoms with van der Waals surface area (Å²) in [5, 5.41) is 3.95. The Balaban J connectivity index is 2.05. The highest BCUT2D eigenvalue weighted by molar-refractivity contribution is 7.99. The lowest BCUT2D eigenvalue weighted by Gasteiger charge is -2.14. The zero-order valence-corrected chi connectivity index (χ0v) is 10.0. The fourth-order valence-corrected chi connectivity index (χ4v) is 2.80. The molecule has 2 rings (SSSR count). The van der Waals surface area contributed by atoms with Gasteiger partial charge in [-0.3, -0.25) is 4.79 Å². The van der Waals surface area contributed by atoms with E-state index in [0.29, 0.717) is 17.1 Å². The first-order chi connectivity index (χ1) is 7.70. The summed E-state index contributed by atoms with van der Waals surface area (Å²) < 4.78 is 0. The maximum absolute atomic E-state index is 11.3. The molecule has 0 amide bonds. The Morgan fingerprint density at radius 2 is 2.44 bits per heavy atom. The Hall–Kier alpha value is -1.17. The van der Waals surface area contributed by atoms with Gasteiger partial charge in [0.25, 0.3) is 5.56 Å². The summed E-state index contributed by atoms with van der Waals surface area (Å²) in [6.45, 7) is 0. The van der Waals surface area contributed by atoms with Gasteiger partial charge >= 0.3 is 0 Å². The van der Waals surface area contributed by atoms with Crippen molar-refractivity contribution in [3.8, 4) is 0 Å². The maximum atomic E-state index is 11.3. The van der Waals surface area contributed by atoms with Gasteiger partial charge in [-0.25, -0.2) is 4.98 Å². The molecule has 1 aliphatic carbocycles. The normalized spacial score (nSPS) is 24.6. The smallest absolute Gasteiger partial charge is 0.276 e. The van der Waals surface area contributed by atoms with Crippen molar-refractivity contribution in [3.63, 3.8) is 0 Å². The number of nitrogen functional groups attached to an aromatic ring is 1. The second-order valence-corrected chi connectivity index (χ2v) is 5.14. The second kappa shape index (κ2) is 4.78. The topological polar surface area (TPSA) is 83.8 Å². The van der Waals surface area contributed by atoms with Crippen LogP contribution in [0.3, 0.4) is 0 Å². The van der Waals surface area contributed by atoms with E-state index >= 15 is 0 Å². The molecule has 0 bridgehead atoms. The number of nitrogens with one attached hydrogen (secondary N) is 2.